The molecule has 5 unspecified atom stereocenters. The van der Waals surface area contributed by atoms with E-state index in [0.29, 0.717) is 12.8 Å². The molecule has 0 aromatic heterocycles. The number of nitrogens with one attached hydrogen (secondary N) is 2. The summed E-state index contributed by atoms with van der Waals surface area (Å²) in [5.74, 6) is -0.0513. The molecule has 0 spiro atoms. The number of piperidine rings is 1. The van der Waals surface area contributed by atoms with Crippen molar-refractivity contribution in [2.75, 3.05) is 0 Å². The number of rotatable bonds is 5. The predicted molar refractivity (Wildman–Crippen MR) is 135 cm³/mol. The molecule has 0 bridgehead atoms. The molecule has 1 aliphatic carbocycles. The number of oxime groups is 1. The summed E-state index contributed by atoms with van der Waals surface area (Å²) in [6, 6.07) is 13.1. The van der Waals surface area contributed by atoms with Crippen molar-refractivity contribution in [3.05, 3.63) is 53.2 Å². The molecule has 0 radical (unpaired) electrons. The summed E-state index contributed by atoms with van der Waals surface area (Å²) in [5.41, 5.74) is 12.9. The zero-order valence-corrected chi connectivity index (χ0v) is 20.0. The first-order chi connectivity index (χ1) is 16.9. The van der Waals surface area contributed by atoms with Crippen LogP contribution in [-0.2, 0) is 11.3 Å². The lowest BCUT2D eigenvalue weighted by Gasteiger charge is -2.51. The number of hydrogen-bond acceptors (Lipinski definition) is 6. The molecule has 1 amide bonds. The predicted octanol–water partition coefficient (Wildman–Crippen LogP) is 2.25. The van der Waals surface area contributed by atoms with E-state index in [0.717, 1.165) is 48.4 Å². The maximum absolute atomic E-state index is 14.9. The lowest BCUT2D eigenvalue weighted by molar-refractivity contribution is -0.925. The van der Waals surface area contributed by atoms with Crippen molar-refractivity contribution < 1.29 is 14.6 Å². The van der Waals surface area contributed by atoms with E-state index >= 15 is 0 Å². The largest absolute Gasteiger partial charge is 0.631 e. The highest BCUT2D eigenvalue weighted by molar-refractivity contribution is 5.86. The van der Waals surface area contributed by atoms with Crippen molar-refractivity contribution in [1.82, 2.24) is 10.6 Å². The van der Waals surface area contributed by atoms with Crippen LogP contribution in [0.4, 0.5) is 0 Å². The van der Waals surface area contributed by atoms with E-state index in [1.54, 1.807) is 0 Å². The number of carbonyl (C=O) groups is 1. The van der Waals surface area contributed by atoms with Gasteiger partial charge in [0.2, 0.25) is 0 Å². The fraction of sp³-hybridized carbons (Fsp3) is 0.538. The Morgan fingerprint density at radius 1 is 1.11 bits per heavy atom. The van der Waals surface area contributed by atoms with Crippen LogP contribution in [0.1, 0.15) is 50.5 Å². The number of quaternary nitrogens is 1. The summed E-state index contributed by atoms with van der Waals surface area (Å²) in [6.07, 6.45) is 4.89. The van der Waals surface area contributed by atoms with Crippen LogP contribution in [0.15, 0.2) is 47.6 Å². The van der Waals surface area contributed by atoms with Gasteiger partial charge in [0, 0.05) is 30.0 Å². The Hall–Kier alpha value is -2.72. The van der Waals surface area contributed by atoms with Gasteiger partial charge in [-0.15, -0.1) is 0 Å². The number of nitrogens with zero attached hydrogens (tertiary/aromatic N) is 2. The highest BCUT2D eigenvalue weighted by Gasteiger charge is 2.55. The summed E-state index contributed by atoms with van der Waals surface area (Å²) >= 11 is 0. The molecular formula is C26H36N6O3. The van der Waals surface area contributed by atoms with Crippen LogP contribution >= 0.6 is 0 Å². The maximum Gasteiger partial charge on any atom is 0.278 e. The molecular weight excluding hydrogens is 444 g/mol. The van der Waals surface area contributed by atoms with Gasteiger partial charge in [-0.1, -0.05) is 47.6 Å². The minimum absolute atomic E-state index is 0.0424. The van der Waals surface area contributed by atoms with E-state index in [1.165, 1.54) is 0 Å². The third-order valence-electron chi connectivity index (χ3n) is 8.36. The highest BCUT2D eigenvalue weighted by Crippen LogP contribution is 2.43. The van der Waals surface area contributed by atoms with Crippen molar-refractivity contribution in [3.63, 3.8) is 0 Å². The molecule has 2 saturated heterocycles. The normalized spacial score (nSPS) is 35.5. The number of amidine groups is 1. The Balaban J connectivity index is 1.46. The molecule has 9 nitrogen and oxygen atoms in total. The van der Waals surface area contributed by atoms with Gasteiger partial charge in [0.15, 0.2) is 11.9 Å². The Labute approximate surface area is 205 Å². The van der Waals surface area contributed by atoms with E-state index in [1.807, 2.05) is 42.5 Å². The third kappa shape index (κ3) is 4.61. The van der Waals surface area contributed by atoms with Crippen LogP contribution in [0.25, 0.3) is 10.8 Å². The van der Waals surface area contributed by atoms with Crippen molar-refractivity contribution in [2.45, 2.75) is 81.8 Å². The Morgan fingerprint density at radius 3 is 2.63 bits per heavy atom. The van der Waals surface area contributed by atoms with Gasteiger partial charge < -0.3 is 31.8 Å². The molecule has 2 heterocycles. The molecule has 188 valence electrons. The first-order valence-electron chi connectivity index (χ1n) is 12.7. The van der Waals surface area contributed by atoms with Crippen LogP contribution in [-0.4, -0.2) is 51.9 Å². The Kier molecular flexibility index (Phi) is 6.67. The van der Waals surface area contributed by atoms with Crippen molar-refractivity contribution in [1.29, 1.82) is 0 Å². The summed E-state index contributed by atoms with van der Waals surface area (Å²) in [4.78, 5) is 13.6. The standard InChI is InChI=1S/C26H36N6O3/c27-19-9-11-20(12-10-19)29-26(33)23-14-17-8-13-22(24(28)31-34)30-25(17)32(23,35)15-18-6-3-5-16-4-1-2-7-21(16)18/h1-7,17,19-20,22-23,25,30,34H,8-15,27H2,(H2,28,31)(H,29,33). The van der Waals surface area contributed by atoms with E-state index in [-0.39, 0.29) is 42.3 Å². The van der Waals surface area contributed by atoms with Gasteiger partial charge in [0.05, 0.1) is 6.04 Å². The van der Waals surface area contributed by atoms with Gasteiger partial charge in [-0.05, 0) is 49.3 Å². The second-order valence-corrected chi connectivity index (χ2v) is 10.5. The Morgan fingerprint density at radius 2 is 1.86 bits per heavy atom. The van der Waals surface area contributed by atoms with Crippen molar-refractivity contribution in [3.8, 4) is 0 Å². The number of hydrogen-bond donors (Lipinski definition) is 5. The maximum atomic E-state index is 14.9. The van der Waals surface area contributed by atoms with E-state index in [4.69, 9.17) is 11.5 Å². The lowest BCUT2D eigenvalue weighted by Crippen LogP contribution is -2.66. The monoisotopic (exact) mass is 480 g/mol. The molecule has 2 aliphatic heterocycles. The van der Waals surface area contributed by atoms with Gasteiger partial charge in [-0.3, -0.25) is 10.1 Å². The number of carbonyl (C=O) groups excluding carboxylic acids is 1. The van der Waals surface area contributed by atoms with Gasteiger partial charge >= 0.3 is 0 Å². The van der Waals surface area contributed by atoms with Gasteiger partial charge in [0.1, 0.15) is 12.7 Å². The quantitative estimate of drug-likeness (QED) is 0.111. The molecule has 1 saturated carbocycles. The highest BCUT2D eigenvalue weighted by atomic mass is 16.6. The number of benzene rings is 2. The molecule has 3 fully saturated rings. The van der Waals surface area contributed by atoms with Gasteiger partial charge in [-0.25, -0.2) is 0 Å². The fourth-order valence-corrected chi connectivity index (χ4v) is 6.43. The number of hydroxylamine groups is 3. The molecule has 2 aromatic rings. The summed E-state index contributed by atoms with van der Waals surface area (Å²) in [6.45, 7) is 0.173. The molecule has 35 heavy (non-hydrogen) atoms. The smallest absolute Gasteiger partial charge is 0.278 e. The number of nitrogens with two attached hydrogens (primary N) is 2. The lowest BCUT2D eigenvalue weighted by atomic mass is 9.89. The Bertz CT molecular complexity index is 1100. The molecule has 7 N–H and O–H groups in total. The second-order valence-electron chi connectivity index (χ2n) is 10.5. The fourth-order valence-electron chi connectivity index (χ4n) is 6.43. The van der Waals surface area contributed by atoms with E-state index in [2.05, 4.69) is 15.8 Å². The average molecular weight is 481 g/mol. The number of amides is 1. The second kappa shape index (κ2) is 9.73. The molecule has 5 atom stereocenters. The summed E-state index contributed by atoms with van der Waals surface area (Å²) in [5, 5.41) is 35.9. The van der Waals surface area contributed by atoms with Crippen molar-refractivity contribution >= 4 is 22.5 Å². The van der Waals surface area contributed by atoms with Crippen LogP contribution < -0.4 is 22.1 Å². The van der Waals surface area contributed by atoms with E-state index < -0.39 is 16.9 Å². The van der Waals surface area contributed by atoms with E-state index in [9.17, 15) is 15.2 Å². The SMILES string of the molecule is N/C(=N/O)C1CCC2CC(C(=O)NC3CCC(N)CC3)[N+]([O-])(Cc3cccc4ccccc34)C2N1. The minimum atomic E-state index is -0.724. The summed E-state index contributed by atoms with van der Waals surface area (Å²) < 4.78 is -0.689. The number of likely N-dealkylation sites (tertiary alicyclic amines) is 1. The van der Waals surface area contributed by atoms with Crippen LogP contribution in [0.3, 0.4) is 0 Å². The zero-order valence-electron chi connectivity index (χ0n) is 20.0. The van der Waals surface area contributed by atoms with Gasteiger partial charge in [-0.2, -0.15) is 0 Å². The molecule has 9 heteroatoms. The van der Waals surface area contributed by atoms with Crippen LogP contribution in [0.2, 0.25) is 0 Å². The topological polar surface area (TPSA) is 149 Å². The summed E-state index contributed by atoms with van der Waals surface area (Å²) in [7, 11) is 0. The number of fused-ring (bicyclic) bond motifs is 2. The van der Waals surface area contributed by atoms with Crippen LogP contribution in [0.5, 0.6) is 0 Å². The first kappa shape index (κ1) is 24.0. The molecule has 3 aliphatic rings. The van der Waals surface area contributed by atoms with Gasteiger partial charge in [0.25, 0.3) is 5.91 Å². The first-order valence-corrected chi connectivity index (χ1v) is 12.7. The molecule has 2 aromatic carbocycles. The van der Waals surface area contributed by atoms with Crippen molar-refractivity contribution in [2.24, 2.45) is 22.5 Å². The minimum Gasteiger partial charge on any atom is -0.631 e. The zero-order chi connectivity index (χ0) is 24.6. The third-order valence-corrected chi connectivity index (χ3v) is 8.36. The molecule has 5 rings (SSSR count). The van der Waals surface area contributed by atoms with Crippen LogP contribution in [0, 0.1) is 11.1 Å². The average Bonchev–Trinajstić information content (AvgIpc) is 3.16.